The van der Waals surface area contributed by atoms with Gasteiger partial charge in [0.25, 0.3) is 0 Å². The number of rotatable bonds is 1. The van der Waals surface area contributed by atoms with Crippen LogP contribution in [0.15, 0.2) is 0 Å². The van der Waals surface area contributed by atoms with Gasteiger partial charge in [-0.15, -0.1) is 11.6 Å². The number of aliphatic hydroxyl groups is 1. The molecule has 0 radical (unpaired) electrons. The van der Waals surface area contributed by atoms with E-state index in [-0.39, 0.29) is 17.1 Å². The Morgan fingerprint density at radius 1 is 1.00 bits per heavy atom. The van der Waals surface area contributed by atoms with E-state index in [0.29, 0.717) is 28.0 Å². The van der Waals surface area contributed by atoms with Crippen molar-refractivity contribution in [2.45, 2.75) is 95.3 Å². The van der Waals surface area contributed by atoms with Crippen molar-refractivity contribution >= 4 is 27.5 Å². The molecule has 1 heterocycles. The predicted octanol–water partition coefficient (Wildman–Crippen LogP) is 5.53. The summed E-state index contributed by atoms with van der Waals surface area (Å²) in [6, 6.07) is 0. The lowest BCUT2D eigenvalue weighted by Crippen LogP contribution is -2.60. The summed E-state index contributed by atoms with van der Waals surface area (Å²) in [4.78, 5) is 0.595. The smallest absolute Gasteiger partial charge is 0.100 e. The molecule has 0 spiro atoms. The minimum atomic E-state index is -0.823. The number of hydrogen-bond donors (Lipinski definition) is 1. The molecule has 7 atom stereocenters. The Morgan fingerprint density at radius 3 is 2.25 bits per heavy atom. The van der Waals surface area contributed by atoms with E-state index >= 15 is 0 Å². The van der Waals surface area contributed by atoms with Gasteiger partial charge in [0.1, 0.15) is 6.10 Å². The maximum Gasteiger partial charge on any atom is 0.100 e. The largest absolute Gasteiger partial charge is 0.387 e. The molecule has 0 unspecified atom stereocenters. The Kier molecular flexibility index (Phi) is 4.95. The van der Waals surface area contributed by atoms with E-state index < -0.39 is 5.60 Å². The summed E-state index contributed by atoms with van der Waals surface area (Å²) in [6.45, 7) is 11.6. The van der Waals surface area contributed by atoms with Gasteiger partial charge in [0.05, 0.1) is 17.1 Å². The lowest BCUT2D eigenvalue weighted by Gasteiger charge is -2.63. The summed E-state index contributed by atoms with van der Waals surface area (Å²) in [7, 11) is 0. The zero-order chi connectivity index (χ0) is 18.0. The highest BCUT2D eigenvalue weighted by Gasteiger charge is 2.62. The predicted molar refractivity (Wildman–Crippen MR) is 104 cm³/mol. The summed E-state index contributed by atoms with van der Waals surface area (Å²) in [5, 5.41) is 10.9. The molecule has 0 aromatic heterocycles. The van der Waals surface area contributed by atoms with Crippen molar-refractivity contribution in [3.05, 3.63) is 0 Å². The Labute approximate surface area is 161 Å². The van der Waals surface area contributed by atoms with Crippen molar-refractivity contribution in [1.29, 1.82) is 0 Å². The standard InChI is InChI=1S/C20H34BrClO2/c1-17(2)13-7-11-20(5)14(18(13,3)9-8-15(17)21)6-10-19(4,23)16(12-22)24-20/h13-16,23H,6-12H2,1-5H3/t13-,14+,15-,16+,18-,19+,20+/m0/s1. The number of alkyl halides is 2. The molecule has 1 saturated heterocycles. The topological polar surface area (TPSA) is 29.5 Å². The van der Waals surface area contributed by atoms with Crippen LogP contribution in [-0.4, -0.2) is 33.1 Å². The maximum atomic E-state index is 10.9. The monoisotopic (exact) mass is 420 g/mol. The zero-order valence-electron chi connectivity index (χ0n) is 15.9. The molecule has 0 bridgehead atoms. The normalized spacial score (nSPS) is 54.5. The second-order valence-corrected chi connectivity index (χ2v) is 11.4. The van der Waals surface area contributed by atoms with Crippen molar-refractivity contribution < 1.29 is 9.84 Å². The van der Waals surface area contributed by atoms with Gasteiger partial charge in [-0.3, -0.25) is 0 Å². The number of halogens is 2. The van der Waals surface area contributed by atoms with Crippen LogP contribution in [0.3, 0.4) is 0 Å². The first kappa shape index (κ1) is 19.5. The summed E-state index contributed by atoms with van der Waals surface area (Å²) >= 11 is 10.1. The Hall–Kier alpha value is 0.690. The van der Waals surface area contributed by atoms with Crippen LogP contribution in [0.1, 0.15) is 73.1 Å². The van der Waals surface area contributed by atoms with Crippen LogP contribution in [0, 0.1) is 22.7 Å². The fraction of sp³-hybridized carbons (Fsp3) is 1.00. The van der Waals surface area contributed by atoms with E-state index in [4.69, 9.17) is 16.3 Å². The lowest BCUT2D eigenvalue weighted by atomic mass is 9.45. The Morgan fingerprint density at radius 2 is 1.62 bits per heavy atom. The SMILES string of the molecule is CC1(C)[C@@H](Br)CC[C@]2(C)[C@H]3CC[C@@](C)(O)[C@@H](CCl)O[C@]3(C)CC[C@@H]12. The third-order valence-corrected chi connectivity index (χ3v) is 10.0. The van der Waals surface area contributed by atoms with E-state index in [1.165, 1.54) is 19.3 Å². The molecule has 0 aromatic carbocycles. The lowest BCUT2D eigenvalue weighted by molar-refractivity contribution is -0.213. The van der Waals surface area contributed by atoms with Gasteiger partial charge in [0.2, 0.25) is 0 Å². The molecule has 3 rings (SSSR count). The highest BCUT2D eigenvalue weighted by Crippen LogP contribution is 2.65. The zero-order valence-corrected chi connectivity index (χ0v) is 18.2. The molecule has 1 N–H and O–H groups in total. The number of fused-ring (bicyclic) bond motifs is 3. The van der Waals surface area contributed by atoms with Crippen molar-refractivity contribution in [3.8, 4) is 0 Å². The highest BCUT2D eigenvalue weighted by atomic mass is 79.9. The Bertz CT molecular complexity index is 494. The number of hydrogen-bond acceptors (Lipinski definition) is 2. The molecule has 24 heavy (non-hydrogen) atoms. The molecule has 0 aromatic rings. The first-order valence-electron chi connectivity index (χ1n) is 9.57. The summed E-state index contributed by atoms with van der Waals surface area (Å²) in [6.07, 6.45) is 6.30. The van der Waals surface area contributed by atoms with Gasteiger partial charge in [0.15, 0.2) is 0 Å². The van der Waals surface area contributed by atoms with Crippen LogP contribution in [0.5, 0.6) is 0 Å². The molecule has 2 nitrogen and oxygen atoms in total. The van der Waals surface area contributed by atoms with Gasteiger partial charge in [-0.25, -0.2) is 0 Å². The fourth-order valence-corrected chi connectivity index (χ4v) is 7.44. The third-order valence-electron chi connectivity index (χ3n) is 8.08. The molecule has 3 fully saturated rings. The summed E-state index contributed by atoms with van der Waals surface area (Å²) in [5.41, 5.74) is -0.413. The van der Waals surface area contributed by atoms with E-state index in [1.807, 2.05) is 6.92 Å². The second-order valence-electron chi connectivity index (χ2n) is 9.95. The van der Waals surface area contributed by atoms with E-state index in [0.717, 1.165) is 19.3 Å². The van der Waals surface area contributed by atoms with Gasteiger partial charge >= 0.3 is 0 Å². The summed E-state index contributed by atoms with van der Waals surface area (Å²) in [5.74, 6) is 1.55. The van der Waals surface area contributed by atoms with Gasteiger partial charge in [-0.1, -0.05) is 36.7 Å². The summed E-state index contributed by atoms with van der Waals surface area (Å²) < 4.78 is 6.58. The van der Waals surface area contributed by atoms with Gasteiger partial charge < -0.3 is 9.84 Å². The molecular weight excluding hydrogens is 388 g/mol. The maximum absolute atomic E-state index is 10.9. The molecule has 4 heteroatoms. The molecule has 0 amide bonds. The van der Waals surface area contributed by atoms with E-state index in [9.17, 15) is 5.11 Å². The molecule has 2 saturated carbocycles. The third kappa shape index (κ3) is 2.80. The van der Waals surface area contributed by atoms with E-state index in [1.54, 1.807) is 0 Å². The van der Waals surface area contributed by atoms with Crippen LogP contribution < -0.4 is 0 Å². The molecule has 1 aliphatic heterocycles. The highest BCUT2D eigenvalue weighted by molar-refractivity contribution is 9.09. The minimum Gasteiger partial charge on any atom is -0.387 e. The van der Waals surface area contributed by atoms with Crippen LogP contribution in [0.25, 0.3) is 0 Å². The quantitative estimate of drug-likeness (QED) is 0.564. The number of ether oxygens (including phenoxy) is 1. The first-order chi connectivity index (χ1) is 11.0. The van der Waals surface area contributed by atoms with Crippen LogP contribution in [-0.2, 0) is 4.74 Å². The average Bonchev–Trinajstić information content (AvgIpc) is 2.58. The fourth-order valence-electron chi connectivity index (χ4n) is 6.50. The van der Waals surface area contributed by atoms with E-state index in [2.05, 4.69) is 43.6 Å². The van der Waals surface area contributed by atoms with Crippen molar-refractivity contribution in [3.63, 3.8) is 0 Å². The van der Waals surface area contributed by atoms with Crippen LogP contribution in [0.2, 0.25) is 0 Å². The molecule has 2 aliphatic carbocycles. The molecular formula is C20H34BrClO2. The van der Waals surface area contributed by atoms with Gasteiger partial charge in [0, 0.05) is 4.83 Å². The molecule has 140 valence electrons. The first-order valence-corrected chi connectivity index (χ1v) is 11.0. The Balaban J connectivity index is 1.98. The van der Waals surface area contributed by atoms with Crippen LogP contribution in [0.4, 0.5) is 0 Å². The van der Waals surface area contributed by atoms with Crippen molar-refractivity contribution in [1.82, 2.24) is 0 Å². The van der Waals surface area contributed by atoms with Crippen molar-refractivity contribution in [2.24, 2.45) is 22.7 Å². The van der Waals surface area contributed by atoms with Gasteiger partial charge in [-0.2, -0.15) is 0 Å². The van der Waals surface area contributed by atoms with Gasteiger partial charge in [-0.05, 0) is 75.0 Å². The van der Waals surface area contributed by atoms with Crippen LogP contribution >= 0.6 is 27.5 Å². The molecule has 3 aliphatic rings. The van der Waals surface area contributed by atoms with Crippen molar-refractivity contribution in [2.75, 3.05) is 5.88 Å². The minimum absolute atomic E-state index is 0.166. The average molecular weight is 422 g/mol. The second kappa shape index (κ2) is 6.11.